The van der Waals surface area contributed by atoms with E-state index in [2.05, 4.69) is 19.2 Å². The predicted octanol–water partition coefficient (Wildman–Crippen LogP) is 2.04. The summed E-state index contributed by atoms with van der Waals surface area (Å²) in [5.74, 6) is -1.20. The lowest BCUT2D eigenvalue weighted by Gasteiger charge is -2.20. The van der Waals surface area contributed by atoms with Crippen LogP contribution < -0.4 is 5.32 Å². The highest BCUT2D eigenvalue weighted by atomic mass is 16.4. The summed E-state index contributed by atoms with van der Waals surface area (Å²) in [5, 5.41) is 12.0. The normalized spacial score (nSPS) is 25.9. The molecule has 0 spiro atoms. The van der Waals surface area contributed by atoms with Crippen molar-refractivity contribution in [1.29, 1.82) is 0 Å². The number of hydrogen-bond acceptors (Lipinski definition) is 2. The molecule has 1 amide bonds. The van der Waals surface area contributed by atoms with Gasteiger partial charge >= 0.3 is 5.97 Å². The Bertz CT molecular complexity index is 288. The maximum Gasteiger partial charge on any atom is 0.307 e. The lowest BCUT2D eigenvalue weighted by Crippen LogP contribution is -2.40. The summed E-state index contributed by atoms with van der Waals surface area (Å²) in [6, 6.07) is 0.123. The summed E-state index contributed by atoms with van der Waals surface area (Å²) in [6.07, 6.45) is 3.10. The molecule has 0 bridgehead atoms. The highest BCUT2D eigenvalue weighted by Gasteiger charge is 2.37. The largest absolute Gasteiger partial charge is 0.481 e. The van der Waals surface area contributed by atoms with Crippen LogP contribution in [0.5, 0.6) is 0 Å². The molecule has 4 nitrogen and oxygen atoms in total. The summed E-state index contributed by atoms with van der Waals surface area (Å²) < 4.78 is 0. The van der Waals surface area contributed by atoms with E-state index in [1.807, 2.05) is 6.92 Å². The first-order valence-corrected chi connectivity index (χ1v) is 6.45. The van der Waals surface area contributed by atoms with Gasteiger partial charge in [0.15, 0.2) is 0 Å². The van der Waals surface area contributed by atoms with Gasteiger partial charge in [0.2, 0.25) is 5.91 Å². The molecular formula is C13H23NO3. The third-order valence-electron chi connectivity index (χ3n) is 3.38. The zero-order valence-corrected chi connectivity index (χ0v) is 10.9. The van der Waals surface area contributed by atoms with Crippen LogP contribution in [0.3, 0.4) is 0 Å². The lowest BCUT2D eigenvalue weighted by atomic mass is 9.94. The number of amides is 1. The Hall–Kier alpha value is -1.06. The molecule has 98 valence electrons. The van der Waals surface area contributed by atoms with Gasteiger partial charge in [-0.25, -0.2) is 0 Å². The van der Waals surface area contributed by atoms with E-state index in [1.165, 1.54) is 0 Å². The van der Waals surface area contributed by atoms with Gasteiger partial charge in [-0.05, 0) is 32.1 Å². The average Bonchev–Trinajstić information content (AvgIpc) is 2.63. The second-order valence-corrected chi connectivity index (χ2v) is 5.52. The summed E-state index contributed by atoms with van der Waals surface area (Å²) in [5.41, 5.74) is 0. The number of carbonyl (C=O) groups excluding carboxylic acids is 1. The van der Waals surface area contributed by atoms with Gasteiger partial charge in [0.25, 0.3) is 0 Å². The number of rotatable bonds is 5. The molecule has 1 aliphatic carbocycles. The molecule has 1 fully saturated rings. The molecule has 3 atom stereocenters. The number of hydrogen-bond donors (Lipinski definition) is 2. The Morgan fingerprint density at radius 2 is 1.82 bits per heavy atom. The number of carboxylic acid groups (broad SMARTS) is 1. The van der Waals surface area contributed by atoms with E-state index in [0.29, 0.717) is 18.8 Å². The van der Waals surface area contributed by atoms with E-state index in [0.717, 1.165) is 12.8 Å². The maximum absolute atomic E-state index is 12.0. The van der Waals surface area contributed by atoms with E-state index in [-0.39, 0.29) is 17.9 Å². The van der Waals surface area contributed by atoms with Crippen molar-refractivity contribution in [1.82, 2.24) is 5.32 Å². The molecule has 0 aromatic carbocycles. The van der Waals surface area contributed by atoms with Crippen molar-refractivity contribution in [3.8, 4) is 0 Å². The van der Waals surface area contributed by atoms with Crippen LogP contribution >= 0.6 is 0 Å². The molecule has 2 N–H and O–H groups in total. The molecule has 0 aliphatic heterocycles. The minimum absolute atomic E-state index is 0.0805. The number of carbonyl (C=O) groups is 2. The van der Waals surface area contributed by atoms with Crippen LogP contribution in [-0.2, 0) is 9.59 Å². The van der Waals surface area contributed by atoms with Gasteiger partial charge < -0.3 is 10.4 Å². The second-order valence-electron chi connectivity index (χ2n) is 5.52. The van der Waals surface area contributed by atoms with Crippen molar-refractivity contribution in [3.05, 3.63) is 0 Å². The van der Waals surface area contributed by atoms with Crippen molar-refractivity contribution in [2.24, 2.45) is 17.8 Å². The number of nitrogens with one attached hydrogen (secondary N) is 1. The third-order valence-corrected chi connectivity index (χ3v) is 3.38. The van der Waals surface area contributed by atoms with Crippen molar-refractivity contribution >= 4 is 11.9 Å². The van der Waals surface area contributed by atoms with Gasteiger partial charge in [0, 0.05) is 6.04 Å². The van der Waals surface area contributed by atoms with E-state index in [1.54, 1.807) is 0 Å². The topological polar surface area (TPSA) is 66.4 Å². The van der Waals surface area contributed by atoms with Crippen LogP contribution in [0.4, 0.5) is 0 Å². The van der Waals surface area contributed by atoms with E-state index in [9.17, 15) is 9.59 Å². The Kier molecular flexibility index (Phi) is 4.97. The zero-order chi connectivity index (χ0) is 13.0. The van der Waals surface area contributed by atoms with Crippen molar-refractivity contribution in [2.45, 2.75) is 52.5 Å². The Balaban J connectivity index is 2.49. The molecule has 17 heavy (non-hydrogen) atoms. The quantitative estimate of drug-likeness (QED) is 0.774. The van der Waals surface area contributed by atoms with Crippen LogP contribution in [0.1, 0.15) is 46.5 Å². The summed E-state index contributed by atoms with van der Waals surface area (Å²) >= 11 is 0. The highest BCUT2D eigenvalue weighted by Crippen LogP contribution is 2.32. The van der Waals surface area contributed by atoms with Gasteiger partial charge in [0.05, 0.1) is 11.8 Å². The lowest BCUT2D eigenvalue weighted by molar-refractivity contribution is -0.146. The summed E-state index contributed by atoms with van der Waals surface area (Å²) in [7, 11) is 0. The summed E-state index contributed by atoms with van der Waals surface area (Å²) in [6.45, 7) is 6.19. The highest BCUT2D eigenvalue weighted by molar-refractivity contribution is 5.85. The van der Waals surface area contributed by atoms with Crippen LogP contribution in [-0.4, -0.2) is 23.0 Å². The van der Waals surface area contributed by atoms with Gasteiger partial charge in [-0.3, -0.25) is 9.59 Å². The fraction of sp³-hybridized carbons (Fsp3) is 0.846. The van der Waals surface area contributed by atoms with Gasteiger partial charge in [-0.15, -0.1) is 0 Å². The molecule has 1 aliphatic rings. The van der Waals surface area contributed by atoms with Crippen molar-refractivity contribution in [3.63, 3.8) is 0 Å². The van der Waals surface area contributed by atoms with Gasteiger partial charge in [-0.1, -0.05) is 20.3 Å². The molecular weight excluding hydrogens is 218 g/mol. The predicted molar refractivity (Wildman–Crippen MR) is 65.5 cm³/mol. The van der Waals surface area contributed by atoms with Crippen LogP contribution in [0.25, 0.3) is 0 Å². The Labute approximate surface area is 103 Å². The monoisotopic (exact) mass is 241 g/mol. The smallest absolute Gasteiger partial charge is 0.307 e. The molecule has 0 aromatic rings. The van der Waals surface area contributed by atoms with Crippen LogP contribution in [0, 0.1) is 17.8 Å². The molecule has 1 rings (SSSR count). The fourth-order valence-electron chi connectivity index (χ4n) is 2.69. The minimum Gasteiger partial charge on any atom is -0.481 e. The fourth-order valence-corrected chi connectivity index (χ4v) is 2.69. The second kappa shape index (κ2) is 6.03. The van der Waals surface area contributed by atoms with E-state index >= 15 is 0 Å². The van der Waals surface area contributed by atoms with Crippen molar-refractivity contribution in [2.75, 3.05) is 0 Å². The van der Waals surface area contributed by atoms with Gasteiger partial charge in [0.1, 0.15) is 0 Å². The first-order chi connectivity index (χ1) is 7.91. The van der Waals surface area contributed by atoms with Crippen molar-refractivity contribution < 1.29 is 14.7 Å². The molecule has 1 saturated carbocycles. The molecule has 0 radical (unpaired) electrons. The zero-order valence-electron chi connectivity index (χ0n) is 10.9. The first kappa shape index (κ1) is 14.0. The van der Waals surface area contributed by atoms with E-state index < -0.39 is 11.9 Å². The van der Waals surface area contributed by atoms with E-state index in [4.69, 9.17) is 5.11 Å². The van der Waals surface area contributed by atoms with Crippen LogP contribution in [0.2, 0.25) is 0 Å². The molecule has 0 heterocycles. The summed E-state index contributed by atoms with van der Waals surface area (Å²) in [4.78, 5) is 23.0. The minimum atomic E-state index is -0.834. The van der Waals surface area contributed by atoms with Crippen LogP contribution in [0.15, 0.2) is 0 Å². The first-order valence-electron chi connectivity index (χ1n) is 6.45. The molecule has 4 heteroatoms. The number of aliphatic carboxylic acids is 1. The SMILES string of the molecule is CC(C)CC(C)NC(=O)[C@@H]1CCC[C@@H]1C(=O)O. The standard InChI is InChI=1S/C13H23NO3/c1-8(2)7-9(3)14-12(15)10-5-4-6-11(10)13(16)17/h8-11H,4-7H2,1-3H3,(H,14,15)(H,16,17)/t9?,10-,11+/m1/s1. The molecule has 1 unspecified atom stereocenters. The molecule has 0 aromatic heterocycles. The van der Waals surface area contributed by atoms with Gasteiger partial charge in [-0.2, -0.15) is 0 Å². The molecule has 0 saturated heterocycles. The third kappa shape index (κ3) is 4.02. The Morgan fingerprint density at radius 3 is 2.35 bits per heavy atom. The maximum atomic E-state index is 12.0. The Morgan fingerprint density at radius 1 is 1.24 bits per heavy atom. The average molecular weight is 241 g/mol. The number of carboxylic acids is 1.